The molecule has 104 valence electrons. The fraction of sp³-hybridized carbons (Fsp3) is 0.429. The largest absolute Gasteiger partial charge is 0.495 e. The number of benzene rings is 1. The second kappa shape index (κ2) is 7.74. The van der Waals surface area contributed by atoms with Crippen LogP contribution in [-0.4, -0.2) is 17.9 Å². The number of anilines is 1. The van der Waals surface area contributed by atoms with E-state index in [0.717, 1.165) is 23.6 Å². The van der Waals surface area contributed by atoms with Gasteiger partial charge in [-0.2, -0.15) is 5.10 Å². The Labute approximate surface area is 120 Å². The maximum absolute atomic E-state index is 5.24. The summed E-state index contributed by atoms with van der Waals surface area (Å²) < 4.78 is 5.24. The van der Waals surface area contributed by atoms with Crippen LogP contribution in [0.15, 0.2) is 29.4 Å². The number of methoxy groups -OCH3 is 1. The standard InChI is InChI=1S/C14H21N3OS/c1-5-10(2)11(3)16-17-14(19)15-12-8-6-7-9-13(12)18-4/h6-10H,5H2,1-4H3,(H2,15,17,19)/b16-11-/t10-/m0/s1. The van der Waals surface area contributed by atoms with Gasteiger partial charge in [0.25, 0.3) is 0 Å². The topological polar surface area (TPSA) is 45.7 Å². The third-order valence-electron chi connectivity index (χ3n) is 3.01. The number of rotatable bonds is 5. The highest BCUT2D eigenvalue weighted by molar-refractivity contribution is 7.80. The van der Waals surface area contributed by atoms with Crippen molar-refractivity contribution in [2.45, 2.75) is 27.2 Å². The minimum Gasteiger partial charge on any atom is -0.495 e. The van der Waals surface area contributed by atoms with Gasteiger partial charge in [-0.15, -0.1) is 0 Å². The molecule has 0 amide bonds. The number of nitrogens with zero attached hydrogens (tertiary/aromatic N) is 1. The van der Waals surface area contributed by atoms with Crippen LogP contribution in [0.3, 0.4) is 0 Å². The van der Waals surface area contributed by atoms with Crippen LogP contribution in [0.4, 0.5) is 5.69 Å². The molecule has 5 heteroatoms. The average molecular weight is 279 g/mol. The van der Waals surface area contributed by atoms with Crippen LogP contribution in [-0.2, 0) is 0 Å². The average Bonchev–Trinajstić information content (AvgIpc) is 2.44. The maximum atomic E-state index is 5.24. The molecule has 0 aliphatic rings. The van der Waals surface area contributed by atoms with E-state index in [1.807, 2.05) is 31.2 Å². The number of hydrazone groups is 1. The van der Waals surface area contributed by atoms with Crippen LogP contribution in [0.1, 0.15) is 27.2 Å². The van der Waals surface area contributed by atoms with Gasteiger partial charge >= 0.3 is 0 Å². The molecular formula is C14H21N3OS. The number of hydrogen-bond acceptors (Lipinski definition) is 3. The monoisotopic (exact) mass is 279 g/mol. The fourth-order valence-corrected chi connectivity index (χ4v) is 1.60. The van der Waals surface area contributed by atoms with Gasteiger partial charge in [-0.05, 0) is 43.6 Å². The zero-order chi connectivity index (χ0) is 14.3. The molecule has 4 nitrogen and oxygen atoms in total. The Bertz CT molecular complexity index is 460. The summed E-state index contributed by atoms with van der Waals surface area (Å²) in [5, 5.41) is 7.78. The van der Waals surface area contributed by atoms with Gasteiger partial charge in [-0.25, -0.2) is 0 Å². The first kappa shape index (κ1) is 15.4. The van der Waals surface area contributed by atoms with Crippen molar-refractivity contribution in [3.63, 3.8) is 0 Å². The molecule has 0 aliphatic heterocycles. The molecule has 1 aromatic carbocycles. The minimum atomic E-state index is 0.446. The summed E-state index contributed by atoms with van der Waals surface area (Å²) >= 11 is 5.20. The van der Waals surface area contributed by atoms with E-state index in [-0.39, 0.29) is 0 Å². The van der Waals surface area contributed by atoms with E-state index in [1.165, 1.54) is 0 Å². The number of ether oxygens (including phenoxy) is 1. The van der Waals surface area contributed by atoms with E-state index in [9.17, 15) is 0 Å². The minimum absolute atomic E-state index is 0.446. The Kier molecular flexibility index (Phi) is 6.29. The van der Waals surface area contributed by atoms with Crippen molar-refractivity contribution in [3.8, 4) is 5.75 Å². The van der Waals surface area contributed by atoms with Gasteiger partial charge in [0, 0.05) is 5.71 Å². The van der Waals surface area contributed by atoms with E-state index in [2.05, 4.69) is 29.7 Å². The van der Waals surface area contributed by atoms with E-state index in [0.29, 0.717) is 11.0 Å². The molecule has 2 N–H and O–H groups in total. The fourth-order valence-electron chi connectivity index (χ4n) is 1.44. The quantitative estimate of drug-likeness (QED) is 0.492. The highest BCUT2D eigenvalue weighted by Gasteiger charge is 2.05. The Morgan fingerprint density at radius 2 is 2.11 bits per heavy atom. The smallest absolute Gasteiger partial charge is 0.191 e. The normalized spacial score (nSPS) is 12.7. The Balaban J connectivity index is 2.61. The molecule has 0 bridgehead atoms. The zero-order valence-corrected chi connectivity index (χ0v) is 12.7. The first-order valence-corrected chi connectivity index (χ1v) is 6.73. The van der Waals surface area contributed by atoms with Crippen LogP contribution in [0.2, 0.25) is 0 Å². The zero-order valence-electron chi connectivity index (χ0n) is 11.9. The number of thiocarbonyl (C=S) groups is 1. The first-order chi connectivity index (χ1) is 9.08. The summed E-state index contributed by atoms with van der Waals surface area (Å²) in [5.41, 5.74) is 4.70. The molecule has 0 fully saturated rings. The van der Waals surface area contributed by atoms with E-state index in [1.54, 1.807) is 7.11 Å². The molecule has 0 radical (unpaired) electrons. The summed E-state index contributed by atoms with van der Waals surface area (Å²) in [6, 6.07) is 7.60. The summed E-state index contributed by atoms with van der Waals surface area (Å²) in [7, 11) is 1.63. The number of nitrogens with one attached hydrogen (secondary N) is 2. The lowest BCUT2D eigenvalue weighted by atomic mass is 10.1. The Hall–Kier alpha value is -1.62. The SMILES string of the molecule is CC[C@H](C)/C(C)=N\NC(=S)Nc1ccccc1OC. The van der Waals surface area contributed by atoms with Gasteiger partial charge in [0.2, 0.25) is 0 Å². The van der Waals surface area contributed by atoms with Gasteiger partial charge in [0.15, 0.2) is 5.11 Å². The molecule has 1 rings (SSSR count). The van der Waals surface area contributed by atoms with Crippen molar-refractivity contribution in [2.24, 2.45) is 11.0 Å². The lowest BCUT2D eigenvalue weighted by Crippen LogP contribution is -2.26. The highest BCUT2D eigenvalue weighted by atomic mass is 32.1. The van der Waals surface area contributed by atoms with Crippen molar-refractivity contribution in [3.05, 3.63) is 24.3 Å². The second-order valence-electron chi connectivity index (χ2n) is 4.33. The second-order valence-corrected chi connectivity index (χ2v) is 4.74. The predicted molar refractivity (Wildman–Crippen MR) is 84.9 cm³/mol. The van der Waals surface area contributed by atoms with Gasteiger partial charge in [-0.3, -0.25) is 5.43 Å². The summed E-state index contributed by atoms with van der Waals surface area (Å²) in [6.07, 6.45) is 1.06. The van der Waals surface area contributed by atoms with Gasteiger partial charge in [-0.1, -0.05) is 26.0 Å². The third kappa shape index (κ3) is 4.87. The molecule has 19 heavy (non-hydrogen) atoms. The van der Waals surface area contributed by atoms with Crippen LogP contribution < -0.4 is 15.5 Å². The molecule has 0 saturated carbocycles. The molecule has 0 aliphatic carbocycles. The van der Waals surface area contributed by atoms with Crippen molar-refractivity contribution >= 4 is 28.7 Å². The summed E-state index contributed by atoms with van der Waals surface area (Å²) in [4.78, 5) is 0. The molecule has 0 aromatic heterocycles. The lowest BCUT2D eigenvalue weighted by molar-refractivity contribution is 0.417. The molecule has 0 heterocycles. The molecular weight excluding hydrogens is 258 g/mol. The first-order valence-electron chi connectivity index (χ1n) is 6.32. The van der Waals surface area contributed by atoms with E-state index in [4.69, 9.17) is 17.0 Å². The van der Waals surface area contributed by atoms with Crippen LogP contribution >= 0.6 is 12.2 Å². The molecule has 0 unspecified atom stereocenters. The van der Waals surface area contributed by atoms with Crippen molar-refractivity contribution in [1.82, 2.24) is 5.43 Å². The van der Waals surface area contributed by atoms with Gasteiger partial charge < -0.3 is 10.1 Å². The Morgan fingerprint density at radius 1 is 1.42 bits per heavy atom. The van der Waals surface area contributed by atoms with Gasteiger partial charge in [0.05, 0.1) is 12.8 Å². The maximum Gasteiger partial charge on any atom is 0.191 e. The lowest BCUT2D eigenvalue weighted by Gasteiger charge is -2.12. The Morgan fingerprint density at radius 3 is 2.74 bits per heavy atom. The predicted octanol–water partition coefficient (Wildman–Crippen LogP) is 3.40. The van der Waals surface area contributed by atoms with Crippen LogP contribution in [0.5, 0.6) is 5.75 Å². The van der Waals surface area contributed by atoms with Crippen molar-refractivity contribution in [2.75, 3.05) is 12.4 Å². The third-order valence-corrected chi connectivity index (χ3v) is 3.21. The molecule has 1 atom stereocenters. The summed E-state index contributed by atoms with van der Waals surface area (Å²) in [6.45, 7) is 6.26. The van der Waals surface area contributed by atoms with E-state index >= 15 is 0 Å². The van der Waals surface area contributed by atoms with E-state index < -0.39 is 0 Å². The number of para-hydroxylation sites is 2. The van der Waals surface area contributed by atoms with Crippen molar-refractivity contribution in [1.29, 1.82) is 0 Å². The van der Waals surface area contributed by atoms with Gasteiger partial charge in [0.1, 0.15) is 5.75 Å². The van der Waals surface area contributed by atoms with Crippen LogP contribution in [0, 0.1) is 5.92 Å². The van der Waals surface area contributed by atoms with Crippen LogP contribution in [0.25, 0.3) is 0 Å². The van der Waals surface area contributed by atoms with Crippen molar-refractivity contribution < 1.29 is 4.74 Å². The summed E-state index contributed by atoms with van der Waals surface area (Å²) in [5.74, 6) is 1.19. The molecule has 1 aromatic rings. The molecule has 0 saturated heterocycles. The number of hydrogen-bond donors (Lipinski definition) is 2. The highest BCUT2D eigenvalue weighted by Crippen LogP contribution is 2.22. The molecule has 0 spiro atoms.